The first-order chi connectivity index (χ1) is 17.3. The maximum atomic E-state index is 12.6. The highest BCUT2D eigenvalue weighted by molar-refractivity contribution is 7.89. The average molecular weight is 501 g/mol. The zero-order valence-electron chi connectivity index (χ0n) is 19.5. The first-order valence-corrected chi connectivity index (χ1v) is 12.8. The van der Waals surface area contributed by atoms with Gasteiger partial charge in [-0.05, 0) is 54.4 Å². The van der Waals surface area contributed by atoms with Crippen LogP contribution in [0.2, 0.25) is 0 Å². The summed E-state index contributed by atoms with van der Waals surface area (Å²) in [7, 11) is -3.64. The molecule has 9 heteroatoms. The summed E-state index contributed by atoms with van der Waals surface area (Å²) in [6, 6.07) is 24.9. The van der Waals surface area contributed by atoms with Crippen molar-refractivity contribution < 1.29 is 11.3 Å². The van der Waals surface area contributed by atoms with Gasteiger partial charge in [-0.1, -0.05) is 48.5 Å². The molecule has 0 unspecified atom stereocenters. The molecule has 5 rings (SSSR count). The minimum atomic E-state index is -3.64. The van der Waals surface area contributed by atoms with E-state index in [9.17, 15) is 8.42 Å². The second-order valence-corrected chi connectivity index (χ2v) is 10.2. The summed E-state index contributed by atoms with van der Waals surface area (Å²) in [6.45, 7) is 1.97. The number of fused-ring (bicyclic) bond motifs is 2. The first kappa shape index (κ1) is 23.4. The van der Waals surface area contributed by atoms with E-state index in [0.717, 1.165) is 16.8 Å². The lowest BCUT2D eigenvalue weighted by molar-refractivity contribution is 0.581. The fourth-order valence-electron chi connectivity index (χ4n) is 4.03. The van der Waals surface area contributed by atoms with E-state index in [0.29, 0.717) is 22.6 Å². The van der Waals surface area contributed by atoms with Crippen molar-refractivity contribution in [2.24, 2.45) is 0 Å². The Bertz CT molecular complexity index is 1590. The van der Waals surface area contributed by atoms with Crippen molar-refractivity contribution >= 4 is 38.9 Å². The number of rotatable bonds is 5. The summed E-state index contributed by atoms with van der Waals surface area (Å²) in [4.78, 5) is 6.20. The van der Waals surface area contributed by atoms with E-state index < -0.39 is 10.0 Å². The number of nitrogens with zero attached hydrogens (tertiary/aromatic N) is 2. The Balaban J connectivity index is 0.00000200. The molecule has 0 fully saturated rings. The van der Waals surface area contributed by atoms with E-state index in [1.54, 1.807) is 59.6 Å². The standard InChI is InChI=1S/C27H24N6O2S.2H2/c1-18-6-4-7-21(16-18)36(34,35)31-17-19-11-13-20(14-12-19)25(28)33-24-10-5-15-30-27(24)32-23-9-3-2-8-22(23)26(33)29;;/h2-16,28-29,31H,17H2,1H3,(H,30,32);2*1H. The Kier molecular flexibility index (Phi) is 6.09. The van der Waals surface area contributed by atoms with Gasteiger partial charge in [-0.25, -0.2) is 18.1 Å². The molecule has 1 aliphatic rings. The smallest absolute Gasteiger partial charge is 0.240 e. The summed E-state index contributed by atoms with van der Waals surface area (Å²) >= 11 is 0. The van der Waals surface area contributed by atoms with Crippen molar-refractivity contribution in [3.05, 3.63) is 113 Å². The number of hydrogen-bond acceptors (Lipinski definition) is 6. The van der Waals surface area contributed by atoms with Gasteiger partial charge in [-0.3, -0.25) is 15.7 Å². The molecule has 0 spiro atoms. The highest BCUT2D eigenvalue weighted by Crippen LogP contribution is 2.34. The van der Waals surface area contributed by atoms with Gasteiger partial charge in [0.15, 0.2) is 5.82 Å². The average Bonchev–Trinajstić information content (AvgIpc) is 3.01. The van der Waals surface area contributed by atoms with E-state index in [1.807, 2.05) is 43.3 Å². The highest BCUT2D eigenvalue weighted by atomic mass is 32.2. The van der Waals surface area contributed by atoms with Crippen LogP contribution in [0.5, 0.6) is 0 Å². The zero-order chi connectivity index (χ0) is 25.3. The number of pyridine rings is 1. The number of amidine groups is 2. The van der Waals surface area contributed by atoms with Gasteiger partial charge < -0.3 is 5.32 Å². The van der Waals surface area contributed by atoms with Crippen molar-refractivity contribution in [3.8, 4) is 0 Å². The molecule has 4 N–H and O–H groups in total. The van der Waals surface area contributed by atoms with E-state index in [4.69, 9.17) is 10.8 Å². The third-order valence-electron chi connectivity index (χ3n) is 5.90. The predicted molar refractivity (Wildman–Crippen MR) is 146 cm³/mol. The summed E-state index contributed by atoms with van der Waals surface area (Å²) in [5, 5.41) is 21.1. The molecular weight excluding hydrogens is 472 g/mol. The first-order valence-electron chi connectivity index (χ1n) is 11.3. The summed E-state index contributed by atoms with van der Waals surface area (Å²) < 4.78 is 27.9. The number of aryl methyl sites for hydroxylation is 1. The van der Waals surface area contributed by atoms with Crippen molar-refractivity contribution in [1.29, 1.82) is 10.8 Å². The molecule has 2 heterocycles. The largest absolute Gasteiger partial charge is 0.338 e. The second-order valence-electron chi connectivity index (χ2n) is 8.41. The third-order valence-corrected chi connectivity index (χ3v) is 7.30. The lowest BCUT2D eigenvalue weighted by Gasteiger charge is -2.25. The van der Waals surface area contributed by atoms with Gasteiger partial charge >= 0.3 is 0 Å². The molecule has 4 aromatic rings. The molecule has 1 aromatic heterocycles. The lowest BCUT2D eigenvalue weighted by Crippen LogP contribution is -2.36. The molecule has 0 bridgehead atoms. The number of sulfonamides is 1. The van der Waals surface area contributed by atoms with Crippen LogP contribution in [0.25, 0.3) is 0 Å². The van der Waals surface area contributed by atoms with Crippen molar-refractivity contribution in [1.82, 2.24) is 9.71 Å². The number of aromatic nitrogens is 1. The van der Waals surface area contributed by atoms with Crippen LogP contribution < -0.4 is 14.9 Å². The summed E-state index contributed by atoms with van der Waals surface area (Å²) in [6.07, 6.45) is 1.66. The van der Waals surface area contributed by atoms with Crippen LogP contribution >= 0.6 is 0 Å². The predicted octanol–water partition coefficient (Wildman–Crippen LogP) is 5.28. The quantitative estimate of drug-likeness (QED) is 0.220. The minimum Gasteiger partial charge on any atom is -0.338 e. The van der Waals surface area contributed by atoms with E-state index in [1.165, 1.54) is 0 Å². The highest BCUT2D eigenvalue weighted by Gasteiger charge is 2.28. The van der Waals surface area contributed by atoms with Gasteiger partial charge in [-0.15, -0.1) is 0 Å². The normalized spacial score (nSPS) is 12.8. The molecule has 184 valence electrons. The number of hydrogen-bond donors (Lipinski definition) is 4. The summed E-state index contributed by atoms with van der Waals surface area (Å²) in [5.41, 5.74) is 4.20. The number of nitrogens with one attached hydrogen (secondary N) is 4. The van der Waals surface area contributed by atoms with Crippen LogP contribution in [0, 0.1) is 17.7 Å². The monoisotopic (exact) mass is 500 g/mol. The zero-order valence-corrected chi connectivity index (χ0v) is 20.3. The second kappa shape index (κ2) is 9.37. The maximum Gasteiger partial charge on any atom is 0.240 e. The molecule has 0 aliphatic carbocycles. The van der Waals surface area contributed by atoms with Crippen molar-refractivity contribution in [3.63, 3.8) is 0 Å². The molecule has 3 aromatic carbocycles. The number of benzene rings is 3. The number of para-hydroxylation sites is 1. The van der Waals surface area contributed by atoms with Gasteiger partial charge in [0.1, 0.15) is 11.7 Å². The Labute approximate surface area is 212 Å². The molecule has 0 saturated heterocycles. The third kappa shape index (κ3) is 4.49. The lowest BCUT2D eigenvalue weighted by atomic mass is 10.1. The van der Waals surface area contributed by atoms with E-state index >= 15 is 0 Å². The van der Waals surface area contributed by atoms with Crippen LogP contribution in [-0.2, 0) is 16.6 Å². The van der Waals surface area contributed by atoms with Gasteiger partial charge in [-0.2, -0.15) is 0 Å². The minimum absolute atomic E-state index is 0. The van der Waals surface area contributed by atoms with Crippen LogP contribution in [0.1, 0.15) is 25.1 Å². The Morgan fingerprint density at radius 1 is 1.03 bits per heavy atom. The van der Waals surface area contributed by atoms with E-state index in [-0.39, 0.29) is 26.0 Å². The fraction of sp³-hybridized carbons (Fsp3) is 0.0741. The van der Waals surface area contributed by atoms with Crippen LogP contribution in [0.15, 0.2) is 96.0 Å². The van der Waals surface area contributed by atoms with Crippen LogP contribution in [-0.4, -0.2) is 25.1 Å². The van der Waals surface area contributed by atoms with Crippen molar-refractivity contribution in [2.45, 2.75) is 18.4 Å². The van der Waals surface area contributed by atoms with Gasteiger partial charge in [0, 0.05) is 26.7 Å². The SMILES string of the molecule is Cc1cccc(S(=O)(=O)NCc2ccc(C(=N)N3C(=N)c4ccccc4Nc4ncccc43)cc2)c1.[HH].[HH]. The molecule has 8 nitrogen and oxygen atoms in total. The van der Waals surface area contributed by atoms with Gasteiger partial charge in [0.2, 0.25) is 10.0 Å². The fourth-order valence-corrected chi connectivity index (χ4v) is 5.15. The Morgan fingerprint density at radius 3 is 2.58 bits per heavy atom. The number of anilines is 3. The molecule has 0 radical (unpaired) electrons. The molecule has 1 aliphatic heterocycles. The van der Waals surface area contributed by atoms with Crippen LogP contribution in [0.3, 0.4) is 0 Å². The van der Waals surface area contributed by atoms with Gasteiger partial charge in [0.25, 0.3) is 0 Å². The van der Waals surface area contributed by atoms with E-state index in [2.05, 4.69) is 15.0 Å². The topological polar surface area (TPSA) is 122 Å². The Hall–Kier alpha value is -4.34. The maximum absolute atomic E-state index is 12.6. The molecule has 0 atom stereocenters. The Morgan fingerprint density at radius 2 is 1.81 bits per heavy atom. The van der Waals surface area contributed by atoms with Crippen LogP contribution in [0.4, 0.5) is 17.2 Å². The molecule has 0 amide bonds. The van der Waals surface area contributed by atoms with Crippen molar-refractivity contribution in [2.75, 3.05) is 10.2 Å². The molecular formula is C27H28N6O2S. The molecule has 36 heavy (non-hydrogen) atoms. The van der Waals surface area contributed by atoms with Gasteiger partial charge in [0.05, 0.1) is 16.3 Å². The molecule has 0 saturated carbocycles. The summed E-state index contributed by atoms with van der Waals surface area (Å²) in [5.74, 6) is 0.823.